The first-order chi connectivity index (χ1) is 11.6. The first-order valence-corrected chi connectivity index (χ1v) is 8.94. The molecular weight excluding hydrogens is 302 g/mol. The van der Waals surface area contributed by atoms with Crippen molar-refractivity contribution >= 4 is 5.97 Å². The number of carboxylic acid groups (broad SMARTS) is 1. The maximum Gasteiger partial charge on any atom is 0.348 e. The van der Waals surface area contributed by atoms with Crippen LogP contribution in [0.5, 0.6) is 5.75 Å². The lowest BCUT2D eigenvalue weighted by atomic mass is 9.88. The molecule has 0 radical (unpaired) electrons. The van der Waals surface area contributed by atoms with Crippen LogP contribution >= 0.6 is 0 Å². The number of likely N-dealkylation sites (tertiary alicyclic amines) is 1. The van der Waals surface area contributed by atoms with Crippen molar-refractivity contribution < 1.29 is 14.6 Å². The summed E-state index contributed by atoms with van der Waals surface area (Å²) in [5.74, 6) is 0.557. The number of allylic oxidation sites excluding steroid dienone is 2. The molecule has 130 valence electrons. The summed E-state index contributed by atoms with van der Waals surface area (Å²) < 4.78 is 6.04. The van der Waals surface area contributed by atoms with Gasteiger partial charge in [0, 0.05) is 32.5 Å². The molecule has 4 nitrogen and oxygen atoms in total. The van der Waals surface area contributed by atoms with E-state index in [0.717, 1.165) is 31.6 Å². The van der Waals surface area contributed by atoms with Crippen LogP contribution in [0.4, 0.5) is 0 Å². The van der Waals surface area contributed by atoms with Gasteiger partial charge in [-0.2, -0.15) is 0 Å². The molecule has 0 saturated carbocycles. The average molecular weight is 329 g/mol. The average Bonchev–Trinajstić information content (AvgIpc) is 2.59. The first-order valence-electron chi connectivity index (χ1n) is 8.94. The summed E-state index contributed by atoms with van der Waals surface area (Å²) in [5, 5.41) is 9.80. The van der Waals surface area contributed by atoms with Crippen LogP contribution in [0.1, 0.15) is 37.7 Å². The number of nitrogens with zero attached hydrogens (tertiary/aromatic N) is 1. The van der Waals surface area contributed by atoms with E-state index < -0.39 is 11.6 Å². The summed E-state index contributed by atoms with van der Waals surface area (Å²) >= 11 is 0. The van der Waals surface area contributed by atoms with E-state index in [1.807, 2.05) is 31.2 Å². The van der Waals surface area contributed by atoms with Crippen molar-refractivity contribution in [3.05, 3.63) is 42.0 Å². The highest BCUT2D eigenvalue weighted by Crippen LogP contribution is 2.32. The van der Waals surface area contributed by atoms with Crippen LogP contribution in [-0.2, 0) is 4.79 Å². The van der Waals surface area contributed by atoms with Gasteiger partial charge in [-0.3, -0.25) is 0 Å². The number of para-hydroxylation sites is 1. The monoisotopic (exact) mass is 329 g/mol. The predicted molar refractivity (Wildman–Crippen MR) is 94.3 cm³/mol. The number of piperidine rings is 1. The number of hydrogen-bond acceptors (Lipinski definition) is 3. The van der Waals surface area contributed by atoms with Crippen LogP contribution < -0.4 is 4.74 Å². The molecule has 0 aromatic heterocycles. The van der Waals surface area contributed by atoms with Gasteiger partial charge in [-0.15, -0.1) is 0 Å². The molecule has 2 aliphatic rings. The van der Waals surface area contributed by atoms with Crippen molar-refractivity contribution in [2.75, 3.05) is 19.6 Å². The summed E-state index contributed by atoms with van der Waals surface area (Å²) in [7, 11) is 0. The van der Waals surface area contributed by atoms with E-state index in [1.54, 1.807) is 0 Å². The highest BCUT2D eigenvalue weighted by molar-refractivity contribution is 5.78. The lowest BCUT2D eigenvalue weighted by Gasteiger charge is -2.40. The van der Waals surface area contributed by atoms with Gasteiger partial charge in [-0.05, 0) is 43.7 Å². The zero-order valence-corrected chi connectivity index (χ0v) is 14.4. The molecular formula is C20H27NO3. The molecule has 24 heavy (non-hydrogen) atoms. The van der Waals surface area contributed by atoms with Crippen LogP contribution in [0.25, 0.3) is 0 Å². The molecule has 1 heterocycles. The molecule has 1 unspecified atom stereocenters. The van der Waals surface area contributed by atoms with Crippen molar-refractivity contribution in [1.82, 2.24) is 4.90 Å². The van der Waals surface area contributed by atoms with E-state index in [9.17, 15) is 9.90 Å². The molecule has 0 amide bonds. The Balaban J connectivity index is 1.63. The number of aliphatic carboxylic acids is 1. The minimum Gasteiger partial charge on any atom is -0.478 e. The first kappa shape index (κ1) is 17.0. The van der Waals surface area contributed by atoms with Crippen molar-refractivity contribution in [1.29, 1.82) is 0 Å². The Kier molecular flexibility index (Phi) is 5.24. The van der Waals surface area contributed by atoms with Crippen molar-refractivity contribution in [2.24, 2.45) is 5.92 Å². The zero-order chi connectivity index (χ0) is 17.0. The number of rotatable bonds is 5. The van der Waals surface area contributed by atoms with Gasteiger partial charge < -0.3 is 14.7 Å². The topological polar surface area (TPSA) is 49.8 Å². The van der Waals surface area contributed by atoms with Gasteiger partial charge in [0.25, 0.3) is 0 Å². The molecule has 0 spiro atoms. The van der Waals surface area contributed by atoms with Gasteiger partial charge in [0.2, 0.25) is 5.60 Å². The van der Waals surface area contributed by atoms with Gasteiger partial charge in [-0.25, -0.2) is 4.79 Å². The van der Waals surface area contributed by atoms with Crippen LogP contribution in [0, 0.1) is 12.8 Å². The Morgan fingerprint density at radius 3 is 2.67 bits per heavy atom. The molecule has 1 fully saturated rings. The van der Waals surface area contributed by atoms with Crippen LogP contribution in [0.2, 0.25) is 0 Å². The fourth-order valence-corrected chi connectivity index (χ4v) is 3.73. The smallest absolute Gasteiger partial charge is 0.348 e. The second-order valence-corrected chi connectivity index (χ2v) is 7.12. The van der Waals surface area contributed by atoms with E-state index in [0.29, 0.717) is 24.5 Å². The Morgan fingerprint density at radius 1 is 1.29 bits per heavy atom. The second-order valence-electron chi connectivity index (χ2n) is 7.12. The zero-order valence-electron chi connectivity index (χ0n) is 14.4. The molecule has 1 atom stereocenters. The third-order valence-electron chi connectivity index (χ3n) is 5.35. The number of aryl methyl sites for hydroxylation is 1. The summed E-state index contributed by atoms with van der Waals surface area (Å²) in [6, 6.07) is 7.65. The van der Waals surface area contributed by atoms with Gasteiger partial charge >= 0.3 is 5.97 Å². The van der Waals surface area contributed by atoms with E-state index in [2.05, 4.69) is 17.1 Å². The summed E-state index contributed by atoms with van der Waals surface area (Å²) in [6.45, 7) is 4.61. The number of carboxylic acids is 1. The fourth-order valence-electron chi connectivity index (χ4n) is 3.73. The van der Waals surface area contributed by atoms with Gasteiger partial charge in [0.1, 0.15) is 5.75 Å². The molecule has 3 rings (SSSR count). The van der Waals surface area contributed by atoms with E-state index in [4.69, 9.17) is 4.74 Å². The lowest BCUT2D eigenvalue weighted by Crippen LogP contribution is -2.54. The Labute approximate surface area is 144 Å². The molecule has 1 aliphatic heterocycles. The molecule has 1 N–H and O–H groups in total. The van der Waals surface area contributed by atoms with E-state index in [-0.39, 0.29) is 0 Å². The highest BCUT2D eigenvalue weighted by Gasteiger charge is 2.44. The van der Waals surface area contributed by atoms with Gasteiger partial charge in [0.05, 0.1) is 0 Å². The van der Waals surface area contributed by atoms with Gasteiger partial charge in [0.15, 0.2) is 0 Å². The molecule has 1 saturated heterocycles. The maximum absolute atomic E-state index is 11.9. The third kappa shape index (κ3) is 3.81. The fraction of sp³-hybridized carbons (Fsp3) is 0.550. The SMILES string of the molecule is Cc1ccccc1OC1(C(=O)O)CCN(CC2CC=CCC2)CC1. The molecule has 1 aliphatic carbocycles. The number of carbonyl (C=O) groups is 1. The van der Waals surface area contributed by atoms with E-state index in [1.165, 1.54) is 12.8 Å². The predicted octanol–water partition coefficient (Wildman–Crippen LogP) is 3.65. The van der Waals surface area contributed by atoms with Crippen LogP contribution in [-0.4, -0.2) is 41.2 Å². The largest absolute Gasteiger partial charge is 0.478 e. The highest BCUT2D eigenvalue weighted by atomic mass is 16.5. The Bertz CT molecular complexity index is 603. The summed E-state index contributed by atoms with van der Waals surface area (Å²) in [4.78, 5) is 14.3. The van der Waals surface area contributed by atoms with Crippen LogP contribution in [0.3, 0.4) is 0 Å². The quantitative estimate of drug-likeness (QED) is 0.838. The minimum atomic E-state index is -1.09. The van der Waals surface area contributed by atoms with E-state index >= 15 is 0 Å². The van der Waals surface area contributed by atoms with Crippen molar-refractivity contribution in [2.45, 2.75) is 44.6 Å². The molecule has 1 aromatic carbocycles. The maximum atomic E-state index is 11.9. The third-order valence-corrected chi connectivity index (χ3v) is 5.35. The van der Waals surface area contributed by atoms with Crippen molar-refractivity contribution in [3.8, 4) is 5.75 Å². The van der Waals surface area contributed by atoms with Crippen molar-refractivity contribution in [3.63, 3.8) is 0 Å². The minimum absolute atomic E-state index is 0.541. The number of hydrogen-bond donors (Lipinski definition) is 1. The molecule has 0 bridgehead atoms. The van der Waals surface area contributed by atoms with Gasteiger partial charge in [-0.1, -0.05) is 30.4 Å². The Morgan fingerprint density at radius 2 is 2.04 bits per heavy atom. The second kappa shape index (κ2) is 7.39. The summed E-state index contributed by atoms with van der Waals surface area (Å²) in [6.07, 6.45) is 9.20. The summed E-state index contributed by atoms with van der Waals surface area (Å²) in [5.41, 5.74) is -0.107. The number of ether oxygens (including phenoxy) is 1. The Hall–Kier alpha value is -1.81. The molecule has 4 heteroatoms. The molecule has 1 aromatic rings. The standard InChI is InChI=1S/C20H27NO3/c1-16-7-5-6-10-18(16)24-20(19(22)23)11-13-21(14-12-20)15-17-8-3-2-4-9-17/h2-3,5-7,10,17H,4,8-9,11-15H2,1H3,(H,22,23). The normalized spacial score (nSPS) is 23.8. The lowest BCUT2D eigenvalue weighted by molar-refractivity contribution is -0.160. The van der Waals surface area contributed by atoms with Crippen LogP contribution in [0.15, 0.2) is 36.4 Å². The number of benzene rings is 1.